The van der Waals surface area contributed by atoms with Crippen LogP contribution in [-0.2, 0) is 17.3 Å². The van der Waals surface area contributed by atoms with Crippen molar-refractivity contribution in [2.45, 2.75) is 44.1 Å². The van der Waals surface area contributed by atoms with E-state index >= 15 is 0 Å². The van der Waals surface area contributed by atoms with Crippen molar-refractivity contribution >= 4 is 18.3 Å². The monoisotopic (exact) mass is 483 g/mol. The molecule has 2 saturated heterocycles. The van der Waals surface area contributed by atoms with Gasteiger partial charge in [-0.2, -0.15) is 13.2 Å². The number of benzene rings is 1. The zero-order valence-corrected chi connectivity index (χ0v) is 19.4. The average molecular weight is 484 g/mol. The second kappa shape index (κ2) is 10.4. The van der Waals surface area contributed by atoms with Crippen LogP contribution in [0.1, 0.15) is 41.4 Å². The van der Waals surface area contributed by atoms with E-state index in [9.17, 15) is 18.0 Å². The van der Waals surface area contributed by atoms with Gasteiger partial charge in [0.05, 0.1) is 18.2 Å². The van der Waals surface area contributed by atoms with Gasteiger partial charge in [-0.1, -0.05) is 24.3 Å². The summed E-state index contributed by atoms with van der Waals surface area (Å²) in [4.78, 5) is 20.7. The third-order valence-corrected chi connectivity index (χ3v) is 6.31. The van der Waals surface area contributed by atoms with Crippen LogP contribution in [0.25, 0.3) is 0 Å². The molecule has 1 aromatic carbocycles. The predicted molar refractivity (Wildman–Crippen MR) is 121 cm³/mol. The van der Waals surface area contributed by atoms with Gasteiger partial charge < -0.3 is 14.5 Å². The number of amides is 1. The number of rotatable bonds is 4. The molecule has 33 heavy (non-hydrogen) atoms. The third kappa shape index (κ3) is 6.25. The number of hydrogen-bond donors (Lipinski definition) is 0. The molecule has 0 N–H and O–H groups in total. The summed E-state index contributed by atoms with van der Waals surface area (Å²) < 4.78 is 44.3. The maximum atomic E-state index is 13.0. The Morgan fingerprint density at radius 2 is 1.85 bits per heavy atom. The van der Waals surface area contributed by atoms with E-state index < -0.39 is 11.9 Å². The lowest BCUT2D eigenvalue weighted by Crippen LogP contribution is -2.60. The Balaban J connectivity index is 0.00000306. The van der Waals surface area contributed by atoms with Crippen molar-refractivity contribution < 1.29 is 22.7 Å². The van der Waals surface area contributed by atoms with Crippen molar-refractivity contribution in [1.82, 2.24) is 14.8 Å². The van der Waals surface area contributed by atoms with E-state index in [1.54, 1.807) is 0 Å². The number of halogens is 4. The minimum Gasteiger partial charge on any atom is -0.368 e. The third-order valence-electron chi connectivity index (χ3n) is 6.31. The molecule has 2 aliphatic rings. The Bertz CT molecular complexity index is 917. The molecule has 180 valence electrons. The Hall–Kier alpha value is -2.16. The second-order valence-electron chi connectivity index (χ2n) is 8.80. The molecule has 1 amide bonds. The van der Waals surface area contributed by atoms with Crippen LogP contribution < -0.4 is 0 Å². The fraction of sp³-hybridized carbons (Fsp3) is 0.500. The first-order valence-corrected chi connectivity index (χ1v) is 11.0. The largest absolute Gasteiger partial charge is 0.433 e. The number of nitrogens with zero attached hydrogens (tertiary/aromatic N) is 3. The number of alkyl halides is 3. The van der Waals surface area contributed by atoms with E-state index in [1.165, 1.54) is 12.3 Å². The van der Waals surface area contributed by atoms with Crippen molar-refractivity contribution in [3.63, 3.8) is 0 Å². The van der Waals surface area contributed by atoms with Crippen molar-refractivity contribution in [3.05, 3.63) is 65.5 Å². The van der Waals surface area contributed by atoms with Crippen LogP contribution in [0.5, 0.6) is 0 Å². The van der Waals surface area contributed by atoms with Crippen molar-refractivity contribution in [1.29, 1.82) is 0 Å². The van der Waals surface area contributed by atoms with E-state index in [0.717, 1.165) is 44.1 Å². The van der Waals surface area contributed by atoms with Crippen molar-refractivity contribution in [2.75, 3.05) is 32.7 Å². The quantitative estimate of drug-likeness (QED) is 0.644. The summed E-state index contributed by atoms with van der Waals surface area (Å²) >= 11 is 0. The van der Waals surface area contributed by atoms with Crippen LogP contribution in [0.4, 0.5) is 13.2 Å². The summed E-state index contributed by atoms with van der Waals surface area (Å²) in [7, 11) is 0. The van der Waals surface area contributed by atoms with Crippen molar-refractivity contribution in [2.24, 2.45) is 0 Å². The van der Waals surface area contributed by atoms with Crippen LogP contribution in [0.2, 0.25) is 0 Å². The molecule has 9 heteroatoms. The molecule has 0 radical (unpaired) electrons. The highest BCUT2D eigenvalue weighted by Gasteiger charge is 2.43. The number of aromatic nitrogens is 1. The molecule has 1 atom stereocenters. The average Bonchev–Trinajstić information content (AvgIpc) is 2.78. The molecule has 0 saturated carbocycles. The van der Waals surface area contributed by atoms with Gasteiger partial charge in [0.1, 0.15) is 5.69 Å². The lowest BCUT2D eigenvalue weighted by molar-refractivity contribution is -0.161. The predicted octanol–water partition coefficient (Wildman–Crippen LogP) is 4.46. The Morgan fingerprint density at radius 1 is 1.15 bits per heavy atom. The summed E-state index contributed by atoms with van der Waals surface area (Å²) in [5, 5.41) is 0. The minimum atomic E-state index is -4.41. The van der Waals surface area contributed by atoms with Gasteiger partial charge in [0.15, 0.2) is 0 Å². The standard InChI is InChI=1S/C24H28F3N3O2.ClH/c1-18-16-30(22(31)20-5-3-2-4-6-20)17-23(32-18)10-13-29(14-11-23)12-9-19-7-8-21(28-15-19)24(25,26)27;/h2-8,15,18H,9-14,16-17H2,1H3;1H. The summed E-state index contributed by atoms with van der Waals surface area (Å²) in [5.74, 6) is 0.0392. The van der Waals surface area contributed by atoms with Gasteiger partial charge in [0.25, 0.3) is 5.91 Å². The molecular formula is C24H29ClF3N3O2. The molecule has 3 heterocycles. The minimum absolute atomic E-state index is 0. The fourth-order valence-corrected chi connectivity index (χ4v) is 4.63. The number of piperidine rings is 1. The van der Waals surface area contributed by atoms with Gasteiger partial charge in [0.2, 0.25) is 0 Å². The number of ether oxygens (including phenoxy) is 1. The van der Waals surface area contributed by atoms with Crippen LogP contribution in [0, 0.1) is 0 Å². The van der Waals surface area contributed by atoms with Gasteiger partial charge >= 0.3 is 6.18 Å². The molecule has 2 aromatic rings. The molecule has 4 rings (SSSR count). The zero-order valence-electron chi connectivity index (χ0n) is 18.6. The number of morpholine rings is 1. The van der Waals surface area contributed by atoms with Gasteiger partial charge in [0, 0.05) is 37.9 Å². The molecule has 1 spiro atoms. The first kappa shape index (κ1) is 25.5. The first-order valence-electron chi connectivity index (χ1n) is 11.0. The van der Waals surface area contributed by atoms with Crippen LogP contribution in [0.3, 0.4) is 0 Å². The topological polar surface area (TPSA) is 45.7 Å². The molecule has 2 aliphatic heterocycles. The molecule has 5 nitrogen and oxygen atoms in total. The van der Waals surface area contributed by atoms with Crippen LogP contribution in [-0.4, -0.2) is 65.1 Å². The van der Waals surface area contributed by atoms with E-state index in [4.69, 9.17) is 4.74 Å². The summed E-state index contributed by atoms with van der Waals surface area (Å²) in [6.45, 7) is 5.59. The number of pyridine rings is 1. The number of carbonyl (C=O) groups excluding carboxylic acids is 1. The summed E-state index contributed by atoms with van der Waals surface area (Å²) in [6.07, 6.45) is -0.836. The molecule has 0 bridgehead atoms. The Labute approximate surface area is 198 Å². The zero-order chi connectivity index (χ0) is 22.8. The smallest absolute Gasteiger partial charge is 0.368 e. The first-order chi connectivity index (χ1) is 15.2. The number of hydrogen-bond acceptors (Lipinski definition) is 4. The highest BCUT2D eigenvalue weighted by atomic mass is 35.5. The van der Waals surface area contributed by atoms with Crippen LogP contribution in [0.15, 0.2) is 48.7 Å². The SMILES string of the molecule is CC1CN(C(=O)c2ccccc2)CC2(CCN(CCc3ccc(C(F)(F)F)nc3)CC2)O1.Cl. The molecule has 0 aliphatic carbocycles. The number of likely N-dealkylation sites (tertiary alicyclic amines) is 1. The Morgan fingerprint density at radius 3 is 2.45 bits per heavy atom. The van der Waals surface area contributed by atoms with Gasteiger partial charge in [-0.3, -0.25) is 9.78 Å². The van der Waals surface area contributed by atoms with Gasteiger partial charge in [-0.05, 0) is 49.9 Å². The van der Waals surface area contributed by atoms with Gasteiger partial charge in [-0.25, -0.2) is 0 Å². The highest BCUT2D eigenvalue weighted by Crippen LogP contribution is 2.33. The number of carbonyl (C=O) groups is 1. The van der Waals surface area contributed by atoms with E-state index in [2.05, 4.69) is 9.88 Å². The normalized spacial score (nSPS) is 21.0. The van der Waals surface area contributed by atoms with Crippen molar-refractivity contribution in [3.8, 4) is 0 Å². The lowest BCUT2D eigenvalue weighted by atomic mass is 9.88. The molecule has 1 aromatic heterocycles. The summed E-state index contributed by atoms with van der Waals surface area (Å²) in [5.41, 5.74) is 0.285. The Kier molecular flexibility index (Phi) is 8.03. The second-order valence-corrected chi connectivity index (χ2v) is 8.80. The van der Waals surface area contributed by atoms with E-state index in [1.807, 2.05) is 42.2 Å². The maximum Gasteiger partial charge on any atom is 0.433 e. The molecule has 1 unspecified atom stereocenters. The lowest BCUT2D eigenvalue weighted by Gasteiger charge is -2.49. The highest BCUT2D eigenvalue weighted by molar-refractivity contribution is 5.94. The van der Waals surface area contributed by atoms with E-state index in [0.29, 0.717) is 25.1 Å². The van der Waals surface area contributed by atoms with Gasteiger partial charge in [-0.15, -0.1) is 12.4 Å². The van der Waals surface area contributed by atoms with Crippen LogP contribution >= 0.6 is 12.4 Å². The van der Waals surface area contributed by atoms with E-state index in [-0.39, 0.29) is 30.0 Å². The molecular weight excluding hydrogens is 455 g/mol. The maximum absolute atomic E-state index is 13.0. The summed E-state index contributed by atoms with van der Waals surface area (Å²) in [6, 6.07) is 11.9. The fourth-order valence-electron chi connectivity index (χ4n) is 4.63. The molecule has 2 fully saturated rings.